The first kappa shape index (κ1) is 14.8. The third-order valence-electron chi connectivity index (χ3n) is 2.48. The highest BCUT2D eigenvalue weighted by molar-refractivity contribution is 5.70. The number of hydrogen-bond acceptors (Lipinski definition) is 8. The smallest absolute Gasteiger partial charge is 0.310 e. The van der Waals surface area contributed by atoms with E-state index in [1.807, 2.05) is 0 Å². The van der Waals surface area contributed by atoms with E-state index in [2.05, 4.69) is 9.72 Å². The zero-order valence-electron chi connectivity index (χ0n) is 10.0. The lowest BCUT2D eigenvalue weighted by molar-refractivity contribution is -0.384. The van der Waals surface area contributed by atoms with Gasteiger partial charge in [0.15, 0.2) is 0 Å². The number of anilines is 1. The number of esters is 1. The van der Waals surface area contributed by atoms with Crippen LogP contribution < -0.4 is 5.73 Å². The average Bonchev–Trinajstić information content (AvgIpc) is 2.37. The summed E-state index contributed by atoms with van der Waals surface area (Å²) in [4.78, 5) is 24.4. The fraction of sp³-hybridized carbons (Fsp3) is 0.400. The van der Waals surface area contributed by atoms with Crippen molar-refractivity contribution in [3.63, 3.8) is 0 Å². The maximum atomic E-state index is 11.0. The van der Waals surface area contributed by atoms with Gasteiger partial charge in [-0.2, -0.15) is 0 Å². The van der Waals surface area contributed by atoms with Gasteiger partial charge in [-0.15, -0.1) is 0 Å². The van der Waals surface area contributed by atoms with E-state index in [1.165, 1.54) is 0 Å². The Hall–Kier alpha value is -2.26. The zero-order valence-corrected chi connectivity index (χ0v) is 10.0. The number of aliphatic hydroxyl groups excluding tert-OH is 2. The number of hydrogen-bond donors (Lipinski definition) is 3. The normalized spacial score (nSPS) is 13.6. The van der Waals surface area contributed by atoms with Crippen LogP contribution in [0.5, 0.6) is 0 Å². The standard InChI is InChI=1S/C10H13N3O6/c1-19-8(15)2-7(14)10(16)5-3-12-4-6(9(5)11)13(17)18/h3-4,7,10,14,16H,2H2,1H3,(H2,11,12). The molecule has 0 aromatic carbocycles. The van der Waals surface area contributed by atoms with Crippen LogP contribution in [0, 0.1) is 10.1 Å². The lowest BCUT2D eigenvalue weighted by Gasteiger charge is -2.18. The number of pyridine rings is 1. The zero-order chi connectivity index (χ0) is 14.6. The molecule has 0 fully saturated rings. The molecule has 0 aliphatic heterocycles. The summed E-state index contributed by atoms with van der Waals surface area (Å²) in [6.45, 7) is 0. The van der Waals surface area contributed by atoms with Crippen LogP contribution in [0.15, 0.2) is 12.4 Å². The maximum absolute atomic E-state index is 11.0. The molecular weight excluding hydrogens is 258 g/mol. The minimum atomic E-state index is -1.58. The number of carbonyl (C=O) groups is 1. The van der Waals surface area contributed by atoms with E-state index < -0.39 is 35.2 Å². The molecule has 0 aliphatic rings. The molecule has 2 unspecified atom stereocenters. The van der Waals surface area contributed by atoms with Crippen LogP contribution in [0.1, 0.15) is 18.1 Å². The van der Waals surface area contributed by atoms with Gasteiger partial charge in [0.25, 0.3) is 0 Å². The Labute approximate surface area is 107 Å². The number of aromatic nitrogens is 1. The predicted octanol–water partition coefficient (Wildman–Crippen LogP) is -0.471. The van der Waals surface area contributed by atoms with Crippen molar-refractivity contribution in [1.82, 2.24) is 4.98 Å². The summed E-state index contributed by atoms with van der Waals surface area (Å²) in [6, 6.07) is 0. The van der Waals surface area contributed by atoms with Gasteiger partial charge in [-0.3, -0.25) is 19.9 Å². The van der Waals surface area contributed by atoms with Crippen LogP contribution in [-0.4, -0.2) is 39.3 Å². The molecule has 1 heterocycles. The fourth-order valence-corrected chi connectivity index (χ4v) is 1.43. The number of nitrogen functional groups attached to an aromatic ring is 1. The molecule has 0 saturated carbocycles. The number of aliphatic hydroxyl groups is 2. The summed E-state index contributed by atoms with van der Waals surface area (Å²) in [7, 11) is 1.13. The van der Waals surface area contributed by atoms with Gasteiger partial charge in [-0.25, -0.2) is 0 Å². The Balaban J connectivity index is 2.99. The first-order chi connectivity index (χ1) is 8.88. The van der Waals surface area contributed by atoms with Crippen LogP contribution >= 0.6 is 0 Å². The number of nitrogens with zero attached hydrogens (tertiary/aromatic N) is 2. The Kier molecular flexibility index (Phi) is 4.73. The molecule has 0 radical (unpaired) electrons. The summed E-state index contributed by atoms with van der Waals surface area (Å²) in [5.74, 6) is -0.733. The number of nitrogens with two attached hydrogens (primary N) is 1. The summed E-state index contributed by atoms with van der Waals surface area (Å²) in [5, 5.41) is 30.1. The van der Waals surface area contributed by atoms with E-state index >= 15 is 0 Å². The first-order valence-electron chi connectivity index (χ1n) is 5.19. The van der Waals surface area contributed by atoms with Gasteiger partial charge in [0, 0.05) is 11.8 Å². The lowest BCUT2D eigenvalue weighted by atomic mass is 10.0. The van der Waals surface area contributed by atoms with Gasteiger partial charge in [0.05, 0.1) is 24.6 Å². The van der Waals surface area contributed by atoms with Crippen LogP contribution in [0.4, 0.5) is 11.4 Å². The third kappa shape index (κ3) is 3.36. The molecule has 2 atom stereocenters. The maximum Gasteiger partial charge on any atom is 0.310 e. The molecule has 1 aromatic heterocycles. The van der Waals surface area contributed by atoms with Crippen molar-refractivity contribution in [3.8, 4) is 0 Å². The van der Waals surface area contributed by atoms with E-state index in [4.69, 9.17) is 5.73 Å². The Morgan fingerprint density at radius 2 is 2.21 bits per heavy atom. The van der Waals surface area contributed by atoms with Gasteiger partial charge in [-0.1, -0.05) is 0 Å². The van der Waals surface area contributed by atoms with E-state index in [0.29, 0.717) is 0 Å². The Bertz CT molecular complexity index is 492. The largest absolute Gasteiger partial charge is 0.469 e. The summed E-state index contributed by atoms with van der Waals surface area (Å²) in [6.07, 6.45) is -1.53. The van der Waals surface area contributed by atoms with Crippen LogP contribution in [0.25, 0.3) is 0 Å². The van der Waals surface area contributed by atoms with E-state index in [1.54, 1.807) is 0 Å². The summed E-state index contributed by atoms with van der Waals surface area (Å²) in [5.41, 5.74) is 4.60. The monoisotopic (exact) mass is 271 g/mol. The lowest BCUT2D eigenvalue weighted by Crippen LogP contribution is -2.23. The quantitative estimate of drug-likeness (QED) is 0.369. The number of ether oxygens (including phenoxy) is 1. The molecule has 0 saturated heterocycles. The molecule has 0 spiro atoms. The molecule has 104 valence electrons. The highest BCUT2D eigenvalue weighted by Gasteiger charge is 2.27. The minimum absolute atomic E-state index is 0.120. The van der Waals surface area contributed by atoms with Crippen molar-refractivity contribution in [2.24, 2.45) is 0 Å². The molecular formula is C10H13N3O6. The highest BCUT2D eigenvalue weighted by atomic mass is 16.6. The van der Waals surface area contributed by atoms with Crippen LogP contribution in [0.3, 0.4) is 0 Å². The molecule has 4 N–H and O–H groups in total. The predicted molar refractivity (Wildman–Crippen MR) is 62.9 cm³/mol. The number of rotatable bonds is 5. The third-order valence-corrected chi connectivity index (χ3v) is 2.48. The summed E-state index contributed by atoms with van der Waals surface area (Å²) < 4.78 is 4.33. The van der Waals surface area contributed by atoms with Crippen molar-refractivity contribution in [3.05, 3.63) is 28.1 Å². The molecule has 0 bridgehead atoms. The topological polar surface area (TPSA) is 149 Å². The fourth-order valence-electron chi connectivity index (χ4n) is 1.43. The van der Waals surface area contributed by atoms with E-state index in [-0.39, 0.29) is 11.3 Å². The molecule has 0 amide bonds. The van der Waals surface area contributed by atoms with Gasteiger partial charge in [0.1, 0.15) is 18.0 Å². The summed E-state index contributed by atoms with van der Waals surface area (Å²) >= 11 is 0. The molecule has 9 heteroatoms. The number of methoxy groups -OCH3 is 1. The average molecular weight is 271 g/mol. The van der Waals surface area contributed by atoms with Crippen LogP contribution in [0.2, 0.25) is 0 Å². The molecule has 9 nitrogen and oxygen atoms in total. The SMILES string of the molecule is COC(=O)CC(O)C(O)c1cncc([N+](=O)[O-])c1N. The highest BCUT2D eigenvalue weighted by Crippen LogP contribution is 2.30. The van der Waals surface area contributed by atoms with Crippen molar-refractivity contribution in [1.29, 1.82) is 0 Å². The minimum Gasteiger partial charge on any atom is -0.469 e. The van der Waals surface area contributed by atoms with Crippen molar-refractivity contribution in [2.75, 3.05) is 12.8 Å². The van der Waals surface area contributed by atoms with E-state index in [9.17, 15) is 25.1 Å². The second kappa shape index (κ2) is 6.07. The van der Waals surface area contributed by atoms with Crippen LogP contribution in [-0.2, 0) is 9.53 Å². The molecule has 0 aliphatic carbocycles. The van der Waals surface area contributed by atoms with Gasteiger partial charge in [0.2, 0.25) is 0 Å². The Morgan fingerprint density at radius 1 is 1.58 bits per heavy atom. The van der Waals surface area contributed by atoms with Gasteiger partial charge in [-0.05, 0) is 0 Å². The van der Waals surface area contributed by atoms with E-state index in [0.717, 1.165) is 19.5 Å². The number of carbonyl (C=O) groups excluding carboxylic acids is 1. The van der Waals surface area contributed by atoms with Gasteiger partial charge >= 0.3 is 11.7 Å². The second-order valence-electron chi connectivity index (χ2n) is 3.71. The van der Waals surface area contributed by atoms with Crippen molar-refractivity contribution >= 4 is 17.3 Å². The first-order valence-corrected chi connectivity index (χ1v) is 5.19. The molecule has 1 rings (SSSR count). The van der Waals surface area contributed by atoms with Crippen molar-refractivity contribution in [2.45, 2.75) is 18.6 Å². The second-order valence-corrected chi connectivity index (χ2v) is 3.71. The van der Waals surface area contributed by atoms with Crippen molar-refractivity contribution < 1.29 is 24.7 Å². The molecule has 19 heavy (non-hydrogen) atoms. The van der Waals surface area contributed by atoms with Gasteiger partial charge < -0.3 is 20.7 Å². The number of nitro groups is 1. The Morgan fingerprint density at radius 3 is 2.74 bits per heavy atom. The molecule has 1 aromatic rings.